The summed E-state index contributed by atoms with van der Waals surface area (Å²) in [6.45, 7) is 1.86. The second-order valence-corrected chi connectivity index (χ2v) is 6.47. The highest BCUT2D eigenvalue weighted by atomic mass is 16.5. The van der Waals surface area contributed by atoms with Crippen molar-refractivity contribution in [2.75, 3.05) is 6.61 Å². The van der Waals surface area contributed by atoms with E-state index in [9.17, 15) is 9.59 Å². The molecule has 0 saturated carbocycles. The third kappa shape index (κ3) is 4.27. The summed E-state index contributed by atoms with van der Waals surface area (Å²) < 4.78 is 5.47. The van der Waals surface area contributed by atoms with Crippen LogP contribution in [0.5, 0.6) is 5.75 Å². The summed E-state index contributed by atoms with van der Waals surface area (Å²) in [6.07, 6.45) is 5.50. The fraction of sp³-hybridized carbons (Fsp3) is 0.333. The fourth-order valence-corrected chi connectivity index (χ4v) is 3.24. The average molecular weight is 337 g/mol. The van der Waals surface area contributed by atoms with Crippen LogP contribution in [0.1, 0.15) is 52.9 Å². The van der Waals surface area contributed by atoms with Gasteiger partial charge in [0.2, 0.25) is 0 Å². The number of fused-ring (bicyclic) bond motifs is 1. The number of nitrogens with one attached hydrogen (secondary N) is 1. The van der Waals surface area contributed by atoms with Gasteiger partial charge in [0.05, 0.1) is 11.6 Å². The first-order valence-electron chi connectivity index (χ1n) is 8.75. The van der Waals surface area contributed by atoms with E-state index in [0.29, 0.717) is 11.3 Å². The normalized spacial score (nSPS) is 14.3. The summed E-state index contributed by atoms with van der Waals surface area (Å²) in [7, 11) is 0. The summed E-state index contributed by atoms with van der Waals surface area (Å²) in [5, 5.41) is 2.96. The number of hydrogen-bond donors (Lipinski definition) is 1. The molecular formula is C21H23NO3. The van der Waals surface area contributed by atoms with E-state index in [0.717, 1.165) is 24.7 Å². The predicted molar refractivity (Wildman–Crippen MR) is 97.0 cm³/mol. The van der Waals surface area contributed by atoms with Crippen LogP contribution in [0.2, 0.25) is 0 Å². The summed E-state index contributed by atoms with van der Waals surface area (Å²) in [6, 6.07) is 13.3. The fourth-order valence-electron chi connectivity index (χ4n) is 3.24. The van der Waals surface area contributed by atoms with Crippen LogP contribution in [0, 0.1) is 0 Å². The second kappa shape index (κ2) is 7.97. The van der Waals surface area contributed by atoms with Gasteiger partial charge in [0.15, 0.2) is 12.9 Å². The molecule has 0 unspecified atom stereocenters. The molecule has 0 bridgehead atoms. The smallest absolute Gasteiger partial charge is 0.258 e. The Morgan fingerprint density at radius 2 is 1.92 bits per heavy atom. The van der Waals surface area contributed by atoms with Gasteiger partial charge in [0.25, 0.3) is 5.91 Å². The number of rotatable bonds is 6. The molecule has 1 atom stereocenters. The predicted octanol–water partition coefficient (Wildman–Crippen LogP) is 3.63. The summed E-state index contributed by atoms with van der Waals surface area (Å²) in [5.41, 5.74) is 4.39. The Hall–Kier alpha value is -2.62. The minimum atomic E-state index is -0.203. The van der Waals surface area contributed by atoms with Crippen LogP contribution in [-0.2, 0) is 17.6 Å². The topological polar surface area (TPSA) is 55.4 Å². The van der Waals surface area contributed by atoms with E-state index in [1.165, 1.54) is 24.0 Å². The first-order chi connectivity index (χ1) is 12.2. The van der Waals surface area contributed by atoms with Crippen LogP contribution in [-0.4, -0.2) is 18.8 Å². The zero-order valence-corrected chi connectivity index (χ0v) is 14.5. The molecular weight excluding hydrogens is 314 g/mol. The molecule has 2 aromatic carbocycles. The number of carbonyl (C=O) groups excluding carboxylic acids is 2. The van der Waals surface area contributed by atoms with E-state index in [-0.39, 0.29) is 18.6 Å². The number of carbonyl (C=O) groups is 2. The lowest BCUT2D eigenvalue weighted by Crippen LogP contribution is -2.31. The quantitative estimate of drug-likeness (QED) is 0.819. The second-order valence-electron chi connectivity index (χ2n) is 6.47. The van der Waals surface area contributed by atoms with Gasteiger partial charge in [-0.1, -0.05) is 30.3 Å². The molecule has 4 heteroatoms. The van der Waals surface area contributed by atoms with E-state index >= 15 is 0 Å². The number of amides is 1. The Bertz CT molecular complexity index is 769. The SMILES string of the molecule is C[C@@H](NC(=O)COc1ccccc1C=O)c1ccc2c(c1)CCCC2. The molecule has 1 aliphatic carbocycles. The van der Waals surface area contributed by atoms with Gasteiger partial charge in [-0.25, -0.2) is 0 Å². The number of ether oxygens (including phenoxy) is 1. The minimum Gasteiger partial charge on any atom is -0.483 e. The van der Waals surface area contributed by atoms with Crippen LogP contribution in [0.25, 0.3) is 0 Å². The lowest BCUT2D eigenvalue weighted by atomic mass is 9.89. The molecule has 1 aliphatic rings. The molecule has 1 N–H and O–H groups in total. The number of hydrogen-bond acceptors (Lipinski definition) is 3. The van der Waals surface area contributed by atoms with Crippen LogP contribution < -0.4 is 10.1 Å². The molecule has 0 aromatic heterocycles. The molecule has 1 amide bonds. The molecule has 0 saturated heterocycles. The Morgan fingerprint density at radius 1 is 1.16 bits per heavy atom. The van der Waals surface area contributed by atoms with Crippen molar-refractivity contribution in [3.05, 3.63) is 64.7 Å². The standard InChI is InChI=1S/C21H23NO3/c1-15(17-11-10-16-6-2-3-7-18(16)12-17)22-21(24)14-25-20-9-5-4-8-19(20)13-23/h4-5,8-13,15H,2-3,6-7,14H2,1H3,(H,22,24)/t15-/m1/s1. The van der Waals surface area contributed by atoms with Gasteiger partial charge in [0.1, 0.15) is 5.75 Å². The van der Waals surface area contributed by atoms with Gasteiger partial charge in [-0.3, -0.25) is 9.59 Å². The summed E-state index contributed by atoms with van der Waals surface area (Å²) in [5.74, 6) is 0.222. The highest BCUT2D eigenvalue weighted by molar-refractivity contribution is 5.81. The van der Waals surface area contributed by atoms with Gasteiger partial charge < -0.3 is 10.1 Å². The van der Waals surface area contributed by atoms with Crippen molar-refractivity contribution in [1.29, 1.82) is 0 Å². The van der Waals surface area contributed by atoms with Crippen molar-refractivity contribution in [3.63, 3.8) is 0 Å². The van der Waals surface area contributed by atoms with E-state index in [2.05, 4.69) is 23.5 Å². The zero-order valence-electron chi connectivity index (χ0n) is 14.5. The molecule has 2 aromatic rings. The van der Waals surface area contributed by atoms with Crippen LogP contribution in [0.3, 0.4) is 0 Å². The molecule has 0 aliphatic heterocycles. The van der Waals surface area contributed by atoms with Crippen molar-refractivity contribution in [1.82, 2.24) is 5.32 Å². The van der Waals surface area contributed by atoms with E-state index in [4.69, 9.17) is 4.74 Å². The molecule has 4 nitrogen and oxygen atoms in total. The van der Waals surface area contributed by atoms with Crippen molar-refractivity contribution in [3.8, 4) is 5.75 Å². The maximum atomic E-state index is 12.2. The highest BCUT2D eigenvalue weighted by Crippen LogP contribution is 2.24. The number of benzene rings is 2. The number of aryl methyl sites for hydroxylation is 2. The van der Waals surface area contributed by atoms with Gasteiger partial charge in [-0.05, 0) is 61.4 Å². The zero-order chi connectivity index (χ0) is 17.6. The number of aldehydes is 1. The first-order valence-corrected chi connectivity index (χ1v) is 8.75. The first kappa shape index (κ1) is 17.2. The van der Waals surface area contributed by atoms with E-state index in [1.54, 1.807) is 24.3 Å². The molecule has 0 heterocycles. The Morgan fingerprint density at radius 3 is 2.72 bits per heavy atom. The van der Waals surface area contributed by atoms with Gasteiger partial charge in [-0.15, -0.1) is 0 Å². The van der Waals surface area contributed by atoms with E-state index < -0.39 is 0 Å². The van der Waals surface area contributed by atoms with Crippen molar-refractivity contribution in [2.24, 2.45) is 0 Å². The maximum absolute atomic E-state index is 12.2. The Kier molecular flexibility index (Phi) is 5.49. The molecule has 0 radical (unpaired) electrons. The van der Waals surface area contributed by atoms with Crippen molar-refractivity contribution >= 4 is 12.2 Å². The van der Waals surface area contributed by atoms with Gasteiger partial charge in [0, 0.05) is 0 Å². The monoisotopic (exact) mass is 337 g/mol. The lowest BCUT2D eigenvalue weighted by Gasteiger charge is -2.20. The minimum absolute atomic E-state index is 0.0790. The highest BCUT2D eigenvalue weighted by Gasteiger charge is 2.14. The Labute approximate surface area is 148 Å². The molecule has 130 valence electrons. The largest absolute Gasteiger partial charge is 0.483 e. The van der Waals surface area contributed by atoms with E-state index in [1.807, 2.05) is 6.92 Å². The molecule has 0 fully saturated rings. The summed E-state index contributed by atoms with van der Waals surface area (Å²) >= 11 is 0. The van der Waals surface area contributed by atoms with Crippen LogP contribution in [0.15, 0.2) is 42.5 Å². The average Bonchev–Trinajstić information content (AvgIpc) is 2.66. The third-order valence-corrected chi connectivity index (χ3v) is 4.65. The van der Waals surface area contributed by atoms with Crippen LogP contribution >= 0.6 is 0 Å². The summed E-state index contributed by atoms with van der Waals surface area (Å²) in [4.78, 5) is 23.1. The molecule has 25 heavy (non-hydrogen) atoms. The Balaban J connectivity index is 1.58. The third-order valence-electron chi connectivity index (χ3n) is 4.65. The van der Waals surface area contributed by atoms with Crippen molar-refractivity contribution in [2.45, 2.75) is 38.6 Å². The van der Waals surface area contributed by atoms with Gasteiger partial charge in [-0.2, -0.15) is 0 Å². The van der Waals surface area contributed by atoms with Crippen molar-refractivity contribution < 1.29 is 14.3 Å². The lowest BCUT2D eigenvalue weighted by molar-refractivity contribution is -0.123. The maximum Gasteiger partial charge on any atom is 0.258 e. The molecule has 3 rings (SSSR count). The van der Waals surface area contributed by atoms with Gasteiger partial charge >= 0.3 is 0 Å². The number of para-hydroxylation sites is 1. The molecule has 0 spiro atoms. The van der Waals surface area contributed by atoms with Crippen LogP contribution in [0.4, 0.5) is 0 Å².